The van der Waals surface area contributed by atoms with E-state index in [1.165, 1.54) is 24.3 Å². The first-order chi connectivity index (χ1) is 20.1. The monoisotopic (exact) mass is 596 g/mol. The van der Waals surface area contributed by atoms with E-state index in [4.69, 9.17) is 14.2 Å². The molecule has 9 atom stereocenters. The van der Waals surface area contributed by atoms with Gasteiger partial charge in [-0.15, -0.1) is 0 Å². The van der Waals surface area contributed by atoms with Crippen molar-refractivity contribution in [3.63, 3.8) is 0 Å². The fourth-order valence-electron chi connectivity index (χ4n) is 8.46. The molecule has 0 radical (unpaired) electrons. The summed E-state index contributed by atoms with van der Waals surface area (Å²) in [5, 5.41) is 1.12. The van der Waals surface area contributed by atoms with Crippen molar-refractivity contribution < 1.29 is 46.4 Å². The predicted octanol–water partition coefficient (Wildman–Crippen LogP) is 3.89. The van der Waals surface area contributed by atoms with Crippen LogP contribution in [0.2, 0.25) is 0 Å². The normalized spacial score (nSPS) is 34.8. The maximum Gasteiger partial charge on any atom is 0.315 e. The lowest BCUT2D eigenvalue weighted by molar-refractivity contribution is -0.164. The van der Waals surface area contributed by atoms with Gasteiger partial charge >= 0.3 is 17.9 Å². The molecule has 2 aromatic carbocycles. The zero-order valence-electron chi connectivity index (χ0n) is 22.8. The largest absolute Gasteiger partial charge is 0.458 e. The molecule has 10 nitrogen and oxygen atoms in total. The molecule has 5 aliphatic rings. The highest BCUT2D eigenvalue weighted by Gasteiger charge is 2.70. The summed E-state index contributed by atoms with van der Waals surface area (Å²) in [4.78, 5) is 51.8. The molecule has 11 heteroatoms. The van der Waals surface area contributed by atoms with Crippen molar-refractivity contribution in [1.82, 2.24) is 0 Å². The van der Waals surface area contributed by atoms with Crippen molar-refractivity contribution >= 4 is 44.6 Å². The SMILES string of the molecule is O=C(CCC1CC2CCCC(C2)C1=O)OC1C2CC3C1OC(=O)C3C2C(=O)Oc1ccc2cc(S(=O)(=O)O)ccc2c1. The van der Waals surface area contributed by atoms with Crippen LogP contribution in [0.5, 0.6) is 5.75 Å². The summed E-state index contributed by atoms with van der Waals surface area (Å²) >= 11 is 0. The van der Waals surface area contributed by atoms with Gasteiger partial charge in [0.15, 0.2) is 0 Å². The summed E-state index contributed by atoms with van der Waals surface area (Å²) in [6.07, 6.45) is 4.78. The number of hydrogen-bond acceptors (Lipinski definition) is 9. The van der Waals surface area contributed by atoms with Crippen LogP contribution in [0.25, 0.3) is 10.8 Å². The van der Waals surface area contributed by atoms with Gasteiger partial charge in [0, 0.05) is 30.1 Å². The summed E-state index contributed by atoms with van der Waals surface area (Å²) in [6, 6.07) is 8.72. The summed E-state index contributed by atoms with van der Waals surface area (Å²) in [5.41, 5.74) is 0. The van der Waals surface area contributed by atoms with Gasteiger partial charge in [0.05, 0.1) is 16.7 Å². The minimum absolute atomic E-state index is 0.110. The Labute approximate surface area is 242 Å². The summed E-state index contributed by atoms with van der Waals surface area (Å²) in [7, 11) is -4.36. The van der Waals surface area contributed by atoms with E-state index in [0.29, 0.717) is 29.5 Å². The van der Waals surface area contributed by atoms with E-state index in [2.05, 4.69) is 0 Å². The molecule has 7 rings (SSSR count). The van der Waals surface area contributed by atoms with E-state index in [1.54, 1.807) is 12.1 Å². The van der Waals surface area contributed by atoms with E-state index in [-0.39, 0.29) is 40.6 Å². The number of carbonyl (C=O) groups is 4. The van der Waals surface area contributed by atoms with Crippen LogP contribution < -0.4 is 4.74 Å². The first kappa shape index (κ1) is 27.5. The quantitative estimate of drug-likeness (QED) is 0.283. The maximum atomic E-state index is 13.4. The molecule has 1 aliphatic heterocycles. The van der Waals surface area contributed by atoms with Crippen LogP contribution in [0.4, 0.5) is 0 Å². The third-order valence-electron chi connectivity index (χ3n) is 10.3. The van der Waals surface area contributed by atoms with Crippen LogP contribution in [0, 0.1) is 41.4 Å². The molecule has 0 spiro atoms. The average Bonchev–Trinajstić information content (AvgIpc) is 3.58. The van der Waals surface area contributed by atoms with Crippen LogP contribution in [0.3, 0.4) is 0 Å². The van der Waals surface area contributed by atoms with E-state index in [9.17, 15) is 32.1 Å². The number of ether oxygens (including phenoxy) is 3. The number of esters is 3. The van der Waals surface area contributed by atoms with Gasteiger partial charge in [-0.1, -0.05) is 25.0 Å². The van der Waals surface area contributed by atoms with Crippen LogP contribution >= 0.6 is 0 Å². The number of rotatable bonds is 7. The Kier molecular flexibility index (Phi) is 6.65. The van der Waals surface area contributed by atoms with Gasteiger partial charge in [-0.25, -0.2) is 0 Å². The molecular formula is C31H32O10S. The van der Waals surface area contributed by atoms with Crippen LogP contribution in [-0.4, -0.2) is 48.9 Å². The van der Waals surface area contributed by atoms with Crippen molar-refractivity contribution in [2.75, 3.05) is 0 Å². The van der Waals surface area contributed by atoms with Crippen molar-refractivity contribution in [2.45, 2.75) is 68.5 Å². The smallest absolute Gasteiger partial charge is 0.315 e. The summed E-state index contributed by atoms with van der Waals surface area (Å²) in [6.45, 7) is 0. The standard InChI is InChI=1S/C31H32O10S/c32-24(9-6-19-11-15-2-1-3-18(10-15)27(19)33)40-28-22-14-23-26(31(35)41-29(23)28)25(22)30(34)39-20-7-4-17-13-21(42(36,37)38)8-5-16(17)12-20/h4-5,7-8,12-13,15,18-19,22-23,25-26,28-29H,1-3,6,9-11,14H2,(H,36,37,38). The molecule has 9 unspecified atom stereocenters. The second-order valence-electron chi connectivity index (χ2n) is 12.6. The van der Waals surface area contributed by atoms with Gasteiger partial charge in [0.1, 0.15) is 23.7 Å². The Morgan fingerprint density at radius 3 is 2.57 bits per heavy atom. The Morgan fingerprint density at radius 1 is 0.976 bits per heavy atom. The third kappa shape index (κ3) is 4.70. The Hall–Kier alpha value is -3.31. The zero-order chi connectivity index (χ0) is 29.3. The lowest BCUT2D eigenvalue weighted by atomic mass is 9.66. The van der Waals surface area contributed by atoms with Crippen molar-refractivity contribution in [1.29, 1.82) is 0 Å². The molecule has 4 saturated carbocycles. The molecule has 5 fully saturated rings. The highest BCUT2D eigenvalue weighted by molar-refractivity contribution is 7.85. The predicted molar refractivity (Wildman–Crippen MR) is 146 cm³/mol. The Morgan fingerprint density at radius 2 is 1.76 bits per heavy atom. The van der Waals surface area contributed by atoms with Gasteiger partial charge in [-0.2, -0.15) is 8.42 Å². The van der Waals surface area contributed by atoms with E-state index in [0.717, 1.165) is 32.1 Å². The molecule has 2 aromatic rings. The van der Waals surface area contributed by atoms with Crippen molar-refractivity contribution in [3.05, 3.63) is 36.4 Å². The minimum Gasteiger partial charge on any atom is -0.458 e. The molecule has 0 amide bonds. The van der Waals surface area contributed by atoms with Gasteiger partial charge in [-0.3, -0.25) is 23.7 Å². The number of ketones is 1. The first-order valence-electron chi connectivity index (χ1n) is 14.7. The number of benzene rings is 2. The Bertz CT molecular complexity index is 1600. The minimum atomic E-state index is -4.36. The van der Waals surface area contributed by atoms with Crippen LogP contribution in [-0.2, 0) is 38.8 Å². The molecule has 1 saturated heterocycles. The lowest BCUT2D eigenvalue weighted by Gasteiger charge is -2.37. The second-order valence-corrected chi connectivity index (χ2v) is 14.1. The van der Waals surface area contributed by atoms with Crippen molar-refractivity contribution in [2.24, 2.45) is 41.4 Å². The third-order valence-corrected chi connectivity index (χ3v) is 11.1. The van der Waals surface area contributed by atoms with Gasteiger partial charge in [0.2, 0.25) is 0 Å². The molecule has 1 heterocycles. The van der Waals surface area contributed by atoms with Crippen molar-refractivity contribution in [3.8, 4) is 5.75 Å². The van der Waals surface area contributed by atoms with E-state index in [1.807, 2.05) is 0 Å². The summed E-state index contributed by atoms with van der Waals surface area (Å²) in [5.74, 6) is -2.59. The van der Waals surface area contributed by atoms with Gasteiger partial charge in [-0.05, 0) is 73.1 Å². The molecule has 4 aliphatic carbocycles. The molecule has 222 valence electrons. The van der Waals surface area contributed by atoms with E-state index >= 15 is 0 Å². The van der Waals surface area contributed by atoms with E-state index < -0.39 is 58.0 Å². The first-order valence-corrected chi connectivity index (χ1v) is 16.2. The fourth-order valence-corrected chi connectivity index (χ4v) is 8.97. The molecule has 4 bridgehead atoms. The molecular weight excluding hydrogens is 564 g/mol. The van der Waals surface area contributed by atoms with Crippen LogP contribution in [0.1, 0.15) is 51.4 Å². The lowest BCUT2D eigenvalue weighted by Crippen LogP contribution is -2.44. The average molecular weight is 597 g/mol. The number of carbonyl (C=O) groups excluding carboxylic acids is 4. The van der Waals surface area contributed by atoms with Gasteiger partial charge in [0.25, 0.3) is 10.1 Å². The number of fused-ring (bicyclic) bond motifs is 4. The summed E-state index contributed by atoms with van der Waals surface area (Å²) < 4.78 is 49.3. The van der Waals surface area contributed by atoms with Gasteiger partial charge < -0.3 is 14.2 Å². The number of Topliss-reactive ketones (excluding diaryl/α,β-unsaturated/α-hetero) is 1. The molecule has 42 heavy (non-hydrogen) atoms. The second kappa shape index (κ2) is 10.2. The molecule has 1 N–H and O–H groups in total. The Balaban J connectivity index is 1.02. The topological polar surface area (TPSA) is 150 Å². The maximum absolute atomic E-state index is 13.4. The van der Waals surface area contributed by atoms with Crippen LogP contribution in [0.15, 0.2) is 41.3 Å². The zero-order valence-corrected chi connectivity index (χ0v) is 23.7. The fraction of sp³-hybridized carbons (Fsp3) is 0.548. The highest BCUT2D eigenvalue weighted by atomic mass is 32.2. The number of hydrogen-bond donors (Lipinski definition) is 1. The highest BCUT2D eigenvalue weighted by Crippen LogP contribution is 2.59. The molecule has 0 aromatic heterocycles.